The van der Waals surface area contributed by atoms with E-state index in [0.29, 0.717) is 17.8 Å². The van der Waals surface area contributed by atoms with Gasteiger partial charge in [0.05, 0.1) is 31.0 Å². The quantitative estimate of drug-likeness (QED) is 0.514. The van der Waals surface area contributed by atoms with Crippen LogP contribution in [-0.4, -0.2) is 64.2 Å². The number of allylic oxidation sites excluding steroid dienone is 2. The molecule has 1 aliphatic rings. The lowest BCUT2D eigenvalue weighted by Crippen LogP contribution is -2.31. The molecule has 0 unspecified atom stereocenters. The number of nitrogens with one attached hydrogen (secondary N) is 1. The second-order valence-electron chi connectivity index (χ2n) is 6.75. The van der Waals surface area contributed by atoms with Gasteiger partial charge in [-0.3, -0.25) is 4.79 Å². The number of anilines is 1. The Kier molecular flexibility index (Phi) is 8.37. The number of carbonyl (C=O) groups is 3. The van der Waals surface area contributed by atoms with Crippen molar-refractivity contribution in [3.05, 3.63) is 65.5 Å². The third kappa shape index (κ3) is 5.57. The van der Waals surface area contributed by atoms with Crippen LogP contribution in [0.3, 0.4) is 0 Å². The Morgan fingerprint density at radius 2 is 1.73 bits per heavy atom. The van der Waals surface area contributed by atoms with Gasteiger partial charge in [0.15, 0.2) is 0 Å². The fraction of sp³-hybridized carbons (Fsp3) is 0.318. The molecule has 8 heteroatoms. The van der Waals surface area contributed by atoms with Gasteiger partial charge in [0.1, 0.15) is 5.70 Å². The van der Waals surface area contributed by atoms with E-state index >= 15 is 0 Å². The van der Waals surface area contributed by atoms with E-state index in [1.165, 1.54) is 25.2 Å². The first-order valence-corrected chi connectivity index (χ1v) is 9.47. The topological polar surface area (TPSA) is 88.2 Å². The lowest BCUT2D eigenvalue weighted by Gasteiger charge is -2.25. The van der Waals surface area contributed by atoms with Crippen LogP contribution < -0.4 is 10.2 Å². The van der Waals surface area contributed by atoms with Gasteiger partial charge in [-0.1, -0.05) is 18.2 Å². The third-order valence-electron chi connectivity index (χ3n) is 4.37. The summed E-state index contributed by atoms with van der Waals surface area (Å²) in [6, 6.07) is 6.84. The molecule has 0 aromatic heterocycles. The zero-order valence-corrected chi connectivity index (χ0v) is 17.7. The van der Waals surface area contributed by atoms with Crippen molar-refractivity contribution < 1.29 is 23.9 Å². The van der Waals surface area contributed by atoms with Gasteiger partial charge in [0, 0.05) is 12.7 Å². The monoisotopic (exact) mass is 413 g/mol. The second kappa shape index (κ2) is 11.0. The summed E-state index contributed by atoms with van der Waals surface area (Å²) in [6.07, 6.45) is 7.13. The zero-order chi connectivity index (χ0) is 22.1. The van der Waals surface area contributed by atoms with Gasteiger partial charge in [-0.15, -0.1) is 0 Å². The van der Waals surface area contributed by atoms with Crippen LogP contribution in [0.5, 0.6) is 0 Å². The first-order valence-electron chi connectivity index (χ1n) is 9.47. The Morgan fingerprint density at radius 1 is 1.03 bits per heavy atom. The van der Waals surface area contributed by atoms with Gasteiger partial charge in [-0.25, -0.2) is 9.59 Å². The van der Waals surface area contributed by atoms with E-state index < -0.39 is 11.9 Å². The fourth-order valence-electron chi connectivity index (χ4n) is 2.92. The maximum Gasteiger partial charge on any atom is 0.355 e. The summed E-state index contributed by atoms with van der Waals surface area (Å²) in [6.45, 7) is 1.36. The van der Waals surface area contributed by atoms with Crippen molar-refractivity contribution in [1.82, 2.24) is 10.2 Å². The minimum Gasteiger partial charge on any atom is -0.465 e. The van der Waals surface area contributed by atoms with E-state index in [4.69, 9.17) is 9.47 Å². The summed E-state index contributed by atoms with van der Waals surface area (Å²) in [4.78, 5) is 41.2. The highest BCUT2D eigenvalue weighted by atomic mass is 16.5. The normalized spacial score (nSPS) is 13.3. The highest BCUT2D eigenvalue weighted by molar-refractivity contribution is 6.07. The van der Waals surface area contributed by atoms with Crippen molar-refractivity contribution in [3.8, 4) is 0 Å². The number of benzene rings is 1. The average Bonchev–Trinajstić information content (AvgIpc) is 2.98. The van der Waals surface area contributed by atoms with Gasteiger partial charge in [0.25, 0.3) is 5.91 Å². The molecule has 1 heterocycles. The van der Waals surface area contributed by atoms with Crippen LogP contribution in [0.4, 0.5) is 5.69 Å². The van der Waals surface area contributed by atoms with Crippen molar-refractivity contribution >= 4 is 23.5 Å². The minimum absolute atomic E-state index is 0.0237. The van der Waals surface area contributed by atoms with Gasteiger partial charge in [-0.05, 0) is 51.3 Å². The smallest absolute Gasteiger partial charge is 0.355 e. The van der Waals surface area contributed by atoms with Crippen LogP contribution in [0, 0.1) is 0 Å². The molecule has 1 aliphatic heterocycles. The van der Waals surface area contributed by atoms with E-state index in [2.05, 4.69) is 5.32 Å². The number of esters is 2. The zero-order valence-electron chi connectivity index (χ0n) is 17.7. The number of ether oxygens (including phenoxy) is 2. The van der Waals surface area contributed by atoms with Crippen LogP contribution in [0.25, 0.3) is 0 Å². The number of carbonyl (C=O) groups excluding carboxylic acids is 3. The van der Waals surface area contributed by atoms with Crippen LogP contribution in [-0.2, 0) is 19.1 Å². The first-order chi connectivity index (χ1) is 14.4. The van der Waals surface area contributed by atoms with Gasteiger partial charge in [0.2, 0.25) is 0 Å². The number of para-hydroxylation sites is 1. The fourth-order valence-corrected chi connectivity index (χ4v) is 2.92. The summed E-state index contributed by atoms with van der Waals surface area (Å²) in [5.74, 6) is -1.70. The predicted octanol–water partition coefficient (Wildman–Crippen LogP) is 1.86. The van der Waals surface area contributed by atoms with Crippen molar-refractivity contribution in [2.24, 2.45) is 0 Å². The molecular weight excluding hydrogens is 386 g/mol. The molecule has 0 bridgehead atoms. The molecule has 0 saturated carbocycles. The Bertz CT molecular complexity index is 887. The number of hydrogen-bond acceptors (Lipinski definition) is 7. The predicted molar refractivity (Wildman–Crippen MR) is 114 cm³/mol. The largest absolute Gasteiger partial charge is 0.465 e. The molecule has 30 heavy (non-hydrogen) atoms. The molecule has 2 rings (SSSR count). The van der Waals surface area contributed by atoms with Crippen LogP contribution in [0.2, 0.25) is 0 Å². The summed E-state index contributed by atoms with van der Waals surface area (Å²) >= 11 is 0. The van der Waals surface area contributed by atoms with Crippen LogP contribution in [0.15, 0.2) is 60.0 Å². The van der Waals surface area contributed by atoms with Crippen molar-refractivity contribution in [2.45, 2.75) is 6.42 Å². The molecular formula is C22H27N3O5. The maximum atomic E-state index is 12.8. The highest BCUT2D eigenvalue weighted by Gasteiger charge is 2.29. The standard InChI is InChI=1S/C22H27N3O5/c1-24(2)14-9-13-23-20(26)16-10-5-6-12-18(16)25-15-8-7-11-17(21(27)29-3)19(25)22(28)30-4/h5-8,10-12,15H,9,13-14H2,1-4H3,(H,23,26). The highest BCUT2D eigenvalue weighted by Crippen LogP contribution is 2.29. The molecule has 0 atom stereocenters. The van der Waals surface area contributed by atoms with Crippen molar-refractivity contribution in [3.63, 3.8) is 0 Å². The number of rotatable bonds is 8. The van der Waals surface area contributed by atoms with E-state index in [0.717, 1.165) is 13.0 Å². The van der Waals surface area contributed by atoms with E-state index in [9.17, 15) is 14.4 Å². The lowest BCUT2D eigenvalue weighted by atomic mass is 10.1. The van der Waals surface area contributed by atoms with Crippen LogP contribution in [0.1, 0.15) is 16.8 Å². The number of hydrogen-bond donors (Lipinski definition) is 1. The Labute approximate surface area is 176 Å². The minimum atomic E-state index is -0.729. The average molecular weight is 413 g/mol. The molecule has 0 saturated heterocycles. The maximum absolute atomic E-state index is 12.8. The first kappa shape index (κ1) is 22.9. The van der Waals surface area contributed by atoms with Gasteiger partial charge >= 0.3 is 11.9 Å². The summed E-state index contributed by atoms with van der Waals surface area (Å²) in [7, 11) is 6.40. The SMILES string of the molecule is COC(=O)C1=C(C(=O)OC)N(c2ccccc2C(=O)NCCCN(C)C)C=CC=C1. The third-order valence-corrected chi connectivity index (χ3v) is 4.37. The molecule has 1 N–H and O–H groups in total. The molecule has 0 radical (unpaired) electrons. The summed E-state index contributed by atoms with van der Waals surface area (Å²) in [5.41, 5.74) is 0.779. The van der Waals surface area contributed by atoms with Crippen molar-refractivity contribution in [1.29, 1.82) is 0 Å². The van der Waals surface area contributed by atoms with Gasteiger partial charge < -0.3 is 24.6 Å². The van der Waals surface area contributed by atoms with E-state index in [1.54, 1.807) is 42.6 Å². The number of methoxy groups -OCH3 is 2. The van der Waals surface area contributed by atoms with Crippen LogP contribution >= 0.6 is 0 Å². The molecule has 0 aliphatic carbocycles. The Morgan fingerprint density at radius 3 is 2.40 bits per heavy atom. The van der Waals surface area contributed by atoms with Gasteiger partial charge in [-0.2, -0.15) is 0 Å². The summed E-state index contributed by atoms with van der Waals surface area (Å²) in [5, 5.41) is 2.90. The Hall–Kier alpha value is -3.39. The molecule has 0 spiro atoms. The number of nitrogens with zero attached hydrogens (tertiary/aromatic N) is 2. The van der Waals surface area contributed by atoms with E-state index in [-0.39, 0.29) is 17.2 Å². The molecule has 1 amide bonds. The second-order valence-corrected chi connectivity index (χ2v) is 6.75. The molecule has 1 aromatic rings. The molecule has 8 nitrogen and oxygen atoms in total. The molecule has 0 fully saturated rings. The molecule has 160 valence electrons. The number of amides is 1. The Balaban J connectivity index is 2.45. The molecule has 1 aromatic carbocycles. The lowest BCUT2D eigenvalue weighted by molar-refractivity contribution is -0.139. The van der Waals surface area contributed by atoms with E-state index in [1.807, 2.05) is 19.0 Å². The van der Waals surface area contributed by atoms with Crippen molar-refractivity contribution in [2.75, 3.05) is 46.3 Å². The summed E-state index contributed by atoms with van der Waals surface area (Å²) < 4.78 is 9.73.